The Balaban J connectivity index is 0.939. The number of aromatic nitrogens is 4. The van der Waals surface area contributed by atoms with E-state index in [-0.39, 0.29) is 12.1 Å². The zero-order chi connectivity index (χ0) is 33.3. The Morgan fingerprint density at radius 2 is 1.54 bits per heavy atom. The maximum Gasteiger partial charge on any atom is 0.410 e. The molecule has 48 heavy (non-hydrogen) atoms. The summed E-state index contributed by atoms with van der Waals surface area (Å²) in [6.45, 7) is 12.8. The van der Waals surface area contributed by atoms with Gasteiger partial charge in [-0.25, -0.2) is 19.4 Å². The van der Waals surface area contributed by atoms with Gasteiger partial charge in [0.2, 0.25) is 0 Å². The summed E-state index contributed by atoms with van der Waals surface area (Å²) < 4.78 is 13.7. The van der Waals surface area contributed by atoms with Crippen molar-refractivity contribution in [2.45, 2.75) is 70.6 Å². The van der Waals surface area contributed by atoms with Crippen LogP contribution in [-0.4, -0.2) is 98.0 Å². The zero-order valence-electron chi connectivity index (χ0n) is 28.4. The van der Waals surface area contributed by atoms with Crippen LogP contribution in [0.15, 0.2) is 60.9 Å². The van der Waals surface area contributed by atoms with Crippen LogP contribution in [0.25, 0.3) is 22.3 Å². The van der Waals surface area contributed by atoms with Gasteiger partial charge in [-0.3, -0.25) is 4.90 Å². The Kier molecular flexibility index (Phi) is 9.24. The molecule has 4 heterocycles. The third kappa shape index (κ3) is 7.27. The molecule has 0 bridgehead atoms. The highest BCUT2D eigenvalue weighted by atomic mass is 16.6. The van der Waals surface area contributed by atoms with Crippen LogP contribution in [-0.2, 0) is 4.74 Å². The molecule has 11 heteroatoms. The van der Waals surface area contributed by atoms with Crippen LogP contribution in [0.5, 0.6) is 11.5 Å². The highest BCUT2D eigenvalue weighted by molar-refractivity contribution is 5.98. The monoisotopic (exact) mass is 652 g/mol. The van der Waals surface area contributed by atoms with E-state index < -0.39 is 5.60 Å². The van der Waals surface area contributed by atoms with Gasteiger partial charge in [0.25, 0.3) is 0 Å². The summed E-state index contributed by atoms with van der Waals surface area (Å²) in [6, 6.07) is 18.6. The van der Waals surface area contributed by atoms with Gasteiger partial charge in [-0.15, -0.1) is 0 Å². The van der Waals surface area contributed by atoms with Gasteiger partial charge < -0.3 is 25.0 Å². The second-order valence-corrected chi connectivity index (χ2v) is 14.6. The number of amides is 1. The largest absolute Gasteiger partial charge is 0.457 e. The van der Waals surface area contributed by atoms with Crippen LogP contribution >= 0.6 is 0 Å². The van der Waals surface area contributed by atoms with Crippen molar-refractivity contribution in [2.75, 3.05) is 51.5 Å². The number of benzene rings is 2. The summed E-state index contributed by atoms with van der Waals surface area (Å²) in [5.74, 6) is 2.53. The Bertz CT molecular complexity index is 1690. The third-order valence-electron chi connectivity index (χ3n) is 10.0. The van der Waals surface area contributed by atoms with Gasteiger partial charge in [-0.2, -0.15) is 5.10 Å². The molecular formula is C37H48N8O3. The van der Waals surface area contributed by atoms with E-state index in [1.165, 1.54) is 0 Å². The molecule has 254 valence electrons. The first-order chi connectivity index (χ1) is 23.2. The van der Waals surface area contributed by atoms with E-state index in [4.69, 9.17) is 20.3 Å². The predicted octanol–water partition coefficient (Wildman–Crippen LogP) is 6.23. The Morgan fingerprint density at radius 3 is 2.25 bits per heavy atom. The molecule has 0 spiro atoms. The van der Waals surface area contributed by atoms with Gasteiger partial charge in [-0.05, 0) is 95.2 Å². The molecule has 2 aromatic carbocycles. The number of hydrogen-bond acceptors (Lipinski definition) is 9. The number of fused-ring (bicyclic) bond motifs is 1. The smallest absolute Gasteiger partial charge is 0.410 e. The lowest BCUT2D eigenvalue weighted by atomic mass is 9.90. The van der Waals surface area contributed by atoms with Gasteiger partial charge in [0, 0.05) is 57.4 Å². The number of carbonyl (C=O) groups is 1. The highest BCUT2D eigenvalue weighted by Gasteiger charge is 2.34. The number of carbonyl (C=O) groups excluding carboxylic acids is 1. The zero-order valence-corrected chi connectivity index (χ0v) is 28.4. The van der Waals surface area contributed by atoms with Crippen molar-refractivity contribution in [2.24, 2.45) is 5.92 Å². The van der Waals surface area contributed by atoms with Crippen molar-refractivity contribution in [3.63, 3.8) is 0 Å². The number of anilines is 1. The molecule has 2 N–H and O–H groups in total. The lowest BCUT2D eigenvalue weighted by Gasteiger charge is -2.42. The second kappa shape index (κ2) is 13.7. The quantitative estimate of drug-likeness (QED) is 0.248. The van der Waals surface area contributed by atoms with Gasteiger partial charge in [0.05, 0.1) is 11.4 Å². The molecule has 4 aromatic rings. The Hall–Kier alpha value is -4.22. The minimum atomic E-state index is -0.450. The highest BCUT2D eigenvalue weighted by Crippen LogP contribution is 2.38. The normalized spacial score (nSPS) is 22.6. The summed E-state index contributed by atoms with van der Waals surface area (Å²) in [5.41, 5.74) is 8.55. The van der Waals surface area contributed by atoms with Gasteiger partial charge in [0.1, 0.15) is 34.9 Å². The second-order valence-electron chi connectivity index (χ2n) is 14.6. The minimum absolute atomic E-state index is 0.177. The molecule has 1 aliphatic carbocycles. The van der Waals surface area contributed by atoms with E-state index in [2.05, 4.69) is 24.4 Å². The average molecular weight is 653 g/mol. The van der Waals surface area contributed by atoms with E-state index in [1.807, 2.05) is 80.3 Å². The molecule has 3 fully saturated rings. The number of nitrogens with zero attached hydrogens (tertiary/aromatic N) is 7. The van der Waals surface area contributed by atoms with E-state index in [9.17, 15) is 4.79 Å². The molecule has 2 aliphatic heterocycles. The first-order valence-electron chi connectivity index (χ1n) is 17.5. The maximum absolute atomic E-state index is 12.5. The number of ether oxygens (including phenoxy) is 2. The number of likely N-dealkylation sites (tertiary alicyclic amines) is 1. The fraction of sp³-hybridized carbons (Fsp3) is 0.514. The summed E-state index contributed by atoms with van der Waals surface area (Å²) in [5, 5.41) is 5.94. The molecule has 3 aliphatic rings. The summed E-state index contributed by atoms with van der Waals surface area (Å²) >= 11 is 0. The topological polar surface area (TPSA) is 115 Å². The molecule has 1 saturated carbocycles. The molecule has 7 rings (SSSR count). The number of hydrogen-bond donors (Lipinski definition) is 1. The van der Waals surface area contributed by atoms with E-state index in [0.29, 0.717) is 17.8 Å². The van der Waals surface area contributed by atoms with E-state index in [1.54, 1.807) is 6.33 Å². The third-order valence-corrected chi connectivity index (χ3v) is 10.0. The molecule has 1 unspecified atom stereocenters. The van der Waals surface area contributed by atoms with Crippen molar-refractivity contribution in [3.8, 4) is 22.8 Å². The lowest BCUT2D eigenvalue weighted by Crippen LogP contribution is -2.52. The lowest BCUT2D eigenvalue weighted by molar-refractivity contribution is 0.0279. The van der Waals surface area contributed by atoms with Crippen molar-refractivity contribution in [1.29, 1.82) is 0 Å². The molecule has 11 nitrogen and oxygen atoms in total. The number of nitrogens with two attached hydrogens (primary N) is 1. The Labute approximate surface area is 283 Å². The standard InChI is InChI=1S/C37H48N8O3/c1-37(2,3)48-36(46)44-18-17-26(24-44)23-42-19-21-43(22-20-42)28-11-13-29(14-12-28)45-35-32(34(38)39-25-40-35)33(41-45)27-9-15-31(16-10-27)47-30-7-5-4-6-8-30/h4-10,15-16,25-26,28-29H,11-14,17-24H2,1-3H3,(H2,38,39,40). The van der Waals surface area contributed by atoms with Crippen LogP contribution in [0.4, 0.5) is 10.6 Å². The molecule has 0 radical (unpaired) electrons. The summed E-state index contributed by atoms with van der Waals surface area (Å²) in [7, 11) is 0. The van der Waals surface area contributed by atoms with Gasteiger partial charge >= 0.3 is 6.09 Å². The molecule has 1 amide bonds. The van der Waals surface area contributed by atoms with Gasteiger partial charge in [-0.1, -0.05) is 18.2 Å². The van der Waals surface area contributed by atoms with Crippen LogP contribution < -0.4 is 10.5 Å². The van der Waals surface area contributed by atoms with Crippen molar-refractivity contribution < 1.29 is 14.3 Å². The van der Waals surface area contributed by atoms with Crippen LogP contribution in [0.3, 0.4) is 0 Å². The number of nitrogen functional groups attached to an aromatic ring is 1. The number of para-hydroxylation sites is 1. The number of rotatable bonds is 7. The van der Waals surface area contributed by atoms with Crippen molar-refractivity contribution in [3.05, 3.63) is 60.9 Å². The van der Waals surface area contributed by atoms with Crippen LogP contribution in [0, 0.1) is 5.92 Å². The SMILES string of the molecule is CC(C)(C)OC(=O)N1CCC(CN2CCN(C3CCC(n4nc(-c5ccc(Oc6ccccc6)cc5)c5c(N)ncnc54)CC3)CC2)C1. The van der Waals surface area contributed by atoms with Crippen molar-refractivity contribution in [1.82, 2.24) is 34.4 Å². The first-order valence-corrected chi connectivity index (χ1v) is 17.5. The molecular weight excluding hydrogens is 604 g/mol. The molecule has 2 aromatic heterocycles. The van der Waals surface area contributed by atoms with Crippen LogP contribution in [0.1, 0.15) is 58.9 Å². The van der Waals surface area contributed by atoms with E-state index >= 15 is 0 Å². The maximum atomic E-state index is 12.5. The first kappa shape index (κ1) is 32.3. The fourth-order valence-corrected chi connectivity index (χ4v) is 7.58. The molecule has 2 saturated heterocycles. The minimum Gasteiger partial charge on any atom is -0.457 e. The molecule has 1 atom stereocenters. The predicted molar refractivity (Wildman–Crippen MR) is 187 cm³/mol. The average Bonchev–Trinajstić information content (AvgIpc) is 3.72. The van der Waals surface area contributed by atoms with Crippen LogP contribution in [0.2, 0.25) is 0 Å². The van der Waals surface area contributed by atoms with Crippen molar-refractivity contribution >= 4 is 22.9 Å². The Morgan fingerprint density at radius 1 is 0.854 bits per heavy atom. The fourth-order valence-electron chi connectivity index (χ4n) is 7.58. The van der Waals surface area contributed by atoms with Gasteiger partial charge in [0.15, 0.2) is 5.65 Å². The number of piperazine rings is 1. The van der Waals surface area contributed by atoms with E-state index in [0.717, 1.165) is 112 Å². The summed E-state index contributed by atoms with van der Waals surface area (Å²) in [6.07, 6.45) is 6.81. The summed E-state index contributed by atoms with van der Waals surface area (Å²) in [4.78, 5) is 28.7.